The summed E-state index contributed by atoms with van der Waals surface area (Å²) in [5, 5.41) is 0. The number of aromatic nitrogens is 1. The summed E-state index contributed by atoms with van der Waals surface area (Å²) in [4.78, 5) is 23.1. The second-order valence-electron chi connectivity index (χ2n) is 4.11. The third kappa shape index (κ3) is 3.14. The molecule has 104 valence electrons. The van der Waals surface area contributed by atoms with Crippen LogP contribution in [0.1, 0.15) is 15.9 Å². The van der Waals surface area contributed by atoms with Crippen LogP contribution in [-0.2, 0) is 11.3 Å². The van der Waals surface area contributed by atoms with Gasteiger partial charge in [-0.25, -0.2) is 9.18 Å². The van der Waals surface area contributed by atoms with Gasteiger partial charge in [-0.15, -0.1) is 0 Å². The normalized spacial score (nSPS) is 10.3. The molecule has 0 amide bonds. The first-order valence-electron chi connectivity index (χ1n) is 5.74. The van der Waals surface area contributed by atoms with E-state index in [1.807, 2.05) is 0 Å². The van der Waals surface area contributed by atoms with Crippen LogP contribution >= 0.6 is 15.9 Å². The molecule has 0 aliphatic carbocycles. The van der Waals surface area contributed by atoms with Crippen LogP contribution in [0.5, 0.6) is 0 Å². The van der Waals surface area contributed by atoms with E-state index in [1.165, 1.54) is 35.9 Å². The number of benzene rings is 1. The molecule has 0 saturated heterocycles. The van der Waals surface area contributed by atoms with Crippen molar-refractivity contribution in [1.82, 2.24) is 4.57 Å². The number of rotatable bonds is 3. The number of carbonyl (C=O) groups is 1. The Morgan fingerprint density at radius 2 is 2.10 bits per heavy atom. The number of hydrogen-bond donors (Lipinski definition) is 0. The minimum Gasteiger partial charge on any atom is -0.465 e. The summed E-state index contributed by atoms with van der Waals surface area (Å²) >= 11 is 3.25. The molecule has 1 aromatic heterocycles. The number of ether oxygens (including phenoxy) is 1. The maximum atomic E-state index is 13.8. The van der Waals surface area contributed by atoms with Crippen LogP contribution in [0.4, 0.5) is 4.39 Å². The summed E-state index contributed by atoms with van der Waals surface area (Å²) in [6.45, 7) is 0.0366. The number of pyridine rings is 1. The largest absolute Gasteiger partial charge is 0.465 e. The Bertz CT molecular complexity index is 712. The van der Waals surface area contributed by atoms with E-state index < -0.39 is 11.8 Å². The number of methoxy groups -OCH3 is 1. The minimum atomic E-state index is -0.548. The number of halogens is 2. The summed E-state index contributed by atoms with van der Waals surface area (Å²) in [5.41, 5.74) is 0.233. The van der Waals surface area contributed by atoms with Gasteiger partial charge in [0.05, 0.1) is 19.2 Å². The molecular weight excluding hydrogens is 329 g/mol. The molecule has 0 aliphatic heterocycles. The van der Waals surface area contributed by atoms with Crippen LogP contribution in [-0.4, -0.2) is 17.6 Å². The molecule has 0 N–H and O–H groups in total. The number of carbonyl (C=O) groups excluding carboxylic acids is 1. The van der Waals surface area contributed by atoms with E-state index in [2.05, 4.69) is 20.7 Å². The molecule has 0 bridgehead atoms. The Balaban J connectivity index is 2.40. The highest BCUT2D eigenvalue weighted by atomic mass is 79.9. The molecule has 4 nitrogen and oxygen atoms in total. The topological polar surface area (TPSA) is 48.3 Å². The second kappa shape index (κ2) is 6.00. The van der Waals surface area contributed by atoms with Gasteiger partial charge in [0.1, 0.15) is 5.82 Å². The van der Waals surface area contributed by atoms with E-state index in [0.29, 0.717) is 4.47 Å². The highest BCUT2D eigenvalue weighted by molar-refractivity contribution is 9.10. The highest BCUT2D eigenvalue weighted by Crippen LogP contribution is 2.14. The van der Waals surface area contributed by atoms with Crippen molar-refractivity contribution >= 4 is 21.9 Å². The van der Waals surface area contributed by atoms with Gasteiger partial charge in [0, 0.05) is 22.3 Å². The van der Waals surface area contributed by atoms with Crippen LogP contribution in [0.25, 0.3) is 0 Å². The Morgan fingerprint density at radius 1 is 1.35 bits per heavy atom. The van der Waals surface area contributed by atoms with Crippen molar-refractivity contribution in [1.29, 1.82) is 0 Å². The maximum absolute atomic E-state index is 13.8. The van der Waals surface area contributed by atoms with Gasteiger partial charge in [0.2, 0.25) is 0 Å². The van der Waals surface area contributed by atoms with E-state index in [-0.39, 0.29) is 23.2 Å². The third-order valence-corrected chi connectivity index (χ3v) is 3.22. The van der Waals surface area contributed by atoms with E-state index in [1.54, 1.807) is 12.3 Å². The fourth-order valence-electron chi connectivity index (χ4n) is 1.75. The number of esters is 1. The lowest BCUT2D eigenvalue weighted by Gasteiger charge is -2.08. The van der Waals surface area contributed by atoms with Gasteiger partial charge in [-0.1, -0.05) is 0 Å². The molecule has 0 aliphatic rings. The van der Waals surface area contributed by atoms with Crippen LogP contribution in [0.3, 0.4) is 0 Å². The van der Waals surface area contributed by atoms with Crippen molar-refractivity contribution in [3.05, 3.63) is 68.3 Å². The van der Waals surface area contributed by atoms with Crippen LogP contribution in [0.15, 0.2) is 45.8 Å². The van der Waals surface area contributed by atoms with Gasteiger partial charge < -0.3 is 9.30 Å². The molecule has 0 atom stereocenters. The molecule has 6 heteroatoms. The Morgan fingerprint density at radius 3 is 2.80 bits per heavy atom. The van der Waals surface area contributed by atoms with Gasteiger partial charge in [-0.05, 0) is 40.2 Å². The fourth-order valence-corrected chi connectivity index (χ4v) is 2.13. The van der Waals surface area contributed by atoms with E-state index in [9.17, 15) is 14.0 Å². The molecular formula is C14H11BrFNO3. The first-order chi connectivity index (χ1) is 9.51. The van der Waals surface area contributed by atoms with Gasteiger partial charge in [-0.3, -0.25) is 4.79 Å². The lowest BCUT2D eigenvalue weighted by Crippen LogP contribution is -2.19. The van der Waals surface area contributed by atoms with Crippen LogP contribution in [0.2, 0.25) is 0 Å². The molecule has 1 aromatic carbocycles. The molecule has 0 unspecified atom stereocenters. The van der Waals surface area contributed by atoms with Crippen molar-refractivity contribution in [3.63, 3.8) is 0 Å². The van der Waals surface area contributed by atoms with E-state index in [4.69, 9.17) is 0 Å². The summed E-state index contributed by atoms with van der Waals surface area (Å²) in [6.07, 6.45) is 1.56. The zero-order valence-electron chi connectivity index (χ0n) is 10.6. The quantitative estimate of drug-likeness (QED) is 0.807. The first-order valence-corrected chi connectivity index (χ1v) is 6.53. The van der Waals surface area contributed by atoms with E-state index in [0.717, 1.165) is 0 Å². The molecule has 0 spiro atoms. The summed E-state index contributed by atoms with van der Waals surface area (Å²) in [6, 6.07) is 6.90. The molecule has 0 fully saturated rings. The molecule has 0 radical (unpaired) electrons. The summed E-state index contributed by atoms with van der Waals surface area (Å²) in [7, 11) is 1.25. The van der Waals surface area contributed by atoms with Crippen molar-refractivity contribution in [2.45, 2.75) is 6.54 Å². The average Bonchev–Trinajstić information content (AvgIpc) is 2.44. The lowest BCUT2D eigenvalue weighted by atomic mass is 10.1. The first kappa shape index (κ1) is 14.5. The third-order valence-electron chi connectivity index (χ3n) is 2.75. The highest BCUT2D eigenvalue weighted by Gasteiger charge is 2.11. The van der Waals surface area contributed by atoms with Crippen LogP contribution < -0.4 is 5.56 Å². The number of hydrogen-bond acceptors (Lipinski definition) is 3. The monoisotopic (exact) mass is 339 g/mol. The van der Waals surface area contributed by atoms with Gasteiger partial charge in [0.15, 0.2) is 0 Å². The van der Waals surface area contributed by atoms with Gasteiger partial charge >= 0.3 is 5.97 Å². The smallest absolute Gasteiger partial charge is 0.337 e. The zero-order valence-corrected chi connectivity index (χ0v) is 12.2. The molecule has 1 heterocycles. The maximum Gasteiger partial charge on any atom is 0.337 e. The molecule has 0 saturated carbocycles. The Labute approximate surface area is 122 Å². The van der Waals surface area contributed by atoms with Crippen molar-refractivity contribution in [2.75, 3.05) is 7.11 Å². The van der Waals surface area contributed by atoms with Crippen molar-refractivity contribution in [3.8, 4) is 0 Å². The van der Waals surface area contributed by atoms with Crippen molar-refractivity contribution < 1.29 is 13.9 Å². The van der Waals surface area contributed by atoms with Crippen molar-refractivity contribution in [2.24, 2.45) is 0 Å². The number of nitrogens with zero attached hydrogens (tertiary/aromatic N) is 1. The molecule has 20 heavy (non-hydrogen) atoms. The van der Waals surface area contributed by atoms with Gasteiger partial charge in [-0.2, -0.15) is 0 Å². The predicted molar refractivity (Wildman–Crippen MR) is 75.2 cm³/mol. The minimum absolute atomic E-state index is 0.0366. The summed E-state index contributed by atoms with van der Waals surface area (Å²) < 4.78 is 20.4. The Kier molecular flexibility index (Phi) is 4.34. The van der Waals surface area contributed by atoms with Crippen LogP contribution in [0, 0.1) is 5.82 Å². The molecule has 2 rings (SSSR count). The average molecular weight is 340 g/mol. The zero-order chi connectivity index (χ0) is 14.7. The standard InChI is InChI=1S/C14H11BrFNO3/c1-20-14(19)9-2-4-12(16)10(6-9)7-17-8-11(15)3-5-13(17)18/h2-6,8H,7H2,1H3. The van der Waals surface area contributed by atoms with Gasteiger partial charge in [0.25, 0.3) is 5.56 Å². The fraction of sp³-hybridized carbons (Fsp3) is 0.143. The predicted octanol–water partition coefficient (Wildman–Crippen LogP) is 2.58. The SMILES string of the molecule is COC(=O)c1ccc(F)c(Cn2cc(Br)ccc2=O)c1. The second-order valence-corrected chi connectivity index (χ2v) is 5.03. The van der Waals surface area contributed by atoms with E-state index >= 15 is 0 Å². The summed E-state index contributed by atoms with van der Waals surface area (Å²) in [5.74, 6) is -1.03. The molecule has 2 aromatic rings. The Hall–Kier alpha value is -1.95. The lowest BCUT2D eigenvalue weighted by molar-refractivity contribution is 0.0600.